The van der Waals surface area contributed by atoms with Gasteiger partial charge in [0.2, 0.25) is 0 Å². The van der Waals surface area contributed by atoms with Crippen LogP contribution in [0.15, 0.2) is 65.5 Å². The van der Waals surface area contributed by atoms with E-state index >= 15 is 0 Å². The summed E-state index contributed by atoms with van der Waals surface area (Å²) in [6, 6.07) is 17.2. The quantitative estimate of drug-likeness (QED) is 0.197. The number of fused-ring (bicyclic) bond motifs is 2. The minimum absolute atomic E-state index is 0.0186. The Morgan fingerprint density at radius 1 is 0.625 bits per heavy atom. The molecule has 0 amide bonds. The molecule has 1 aromatic heterocycles. The summed E-state index contributed by atoms with van der Waals surface area (Å²) in [7, 11) is 79.4. The Kier molecular flexibility index (Phi) is 8.94. The number of nitrogens with zero attached hydrogens (tertiary/aromatic N) is 2. The first-order valence-corrected chi connectivity index (χ1v) is 14.8. The summed E-state index contributed by atoms with van der Waals surface area (Å²) in [6.45, 7) is 3.41. The molecule has 0 bridgehead atoms. The molecule has 0 N–H and O–H groups in total. The topological polar surface area (TPSA) is 17.8 Å². The van der Waals surface area contributed by atoms with Crippen molar-refractivity contribution >= 4 is 165 Å². The number of benzene rings is 5. The third-order valence-corrected chi connectivity index (χ3v) is 8.89. The predicted molar refractivity (Wildman–Crippen MR) is 215 cm³/mol. The Morgan fingerprint density at radius 2 is 1.17 bits per heavy atom. The molecule has 6 aromatic rings. The zero-order valence-electron chi connectivity index (χ0n) is 26.5. The fourth-order valence-corrected chi connectivity index (χ4v) is 6.26. The first-order valence-electron chi connectivity index (χ1n) is 14.8. The summed E-state index contributed by atoms with van der Waals surface area (Å²) < 4.78 is 1.91. The summed E-state index contributed by atoms with van der Waals surface area (Å²) in [6.07, 6.45) is 0. The Balaban J connectivity index is 2.06. The molecule has 6 rings (SSSR count). The molecule has 2 nitrogen and oxygen atoms in total. The second-order valence-electron chi connectivity index (χ2n) is 11.7. The fraction of sp³-hybridized carbons (Fsp3) is 0.0588. The molecule has 0 spiro atoms. The van der Waals surface area contributed by atoms with Gasteiger partial charge in [-0.3, -0.25) is 0 Å². The normalized spacial score (nSPS) is 12.8. The third kappa shape index (κ3) is 5.05. The van der Waals surface area contributed by atoms with Gasteiger partial charge >= 0.3 is 298 Å². The van der Waals surface area contributed by atoms with Gasteiger partial charge in [-0.2, -0.15) is 0 Å². The fourth-order valence-electron chi connectivity index (χ4n) is 6.26. The number of aryl methyl sites for hydroxylation is 1. The van der Waals surface area contributed by atoms with E-state index in [0.29, 0.717) is 44.4 Å². The van der Waals surface area contributed by atoms with Crippen LogP contribution in [0.3, 0.4) is 0 Å². The van der Waals surface area contributed by atoms with Crippen molar-refractivity contribution in [3.05, 3.63) is 81.4 Å². The van der Waals surface area contributed by atoms with Crippen LogP contribution in [0.25, 0.3) is 55.5 Å². The zero-order valence-corrected chi connectivity index (χ0v) is 26.5. The van der Waals surface area contributed by atoms with E-state index in [1.807, 2.05) is 59.2 Å². The summed E-state index contributed by atoms with van der Waals surface area (Å²) in [4.78, 5) is 5.03. The van der Waals surface area contributed by atoms with E-state index in [2.05, 4.69) is 0 Å². The van der Waals surface area contributed by atoms with E-state index in [1.165, 1.54) is 0 Å². The third-order valence-electron chi connectivity index (χ3n) is 8.89. The van der Waals surface area contributed by atoms with Crippen LogP contribution >= 0.6 is 0 Å². The summed E-state index contributed by atoms with van der Waals surface area (Å²) >= 11 is 0. The van der Waals surface area contributed by atoms with Crippen LogP contribution < -0.4 is 48.9 Å². The molecule has 5 aromatic carbocycles. The van der Waals surface area contributed by atoms with Gasteiger partial charge in [0.1, 0.15) is 0 Å². The van der Waals surface area contributed by atoms with Crippen LogP contribution in [0.1, 0.15) is 12.5 Å². The van der Waals surface area contributed by atoms with Gasteiger partial charge in [0.05, 0.1) is 0 Å². The molecule has 0 fully saturated rings. The number of imidazole rings is 1. The van der Waals surface area contributed by atoms with Crippen molar-refractivity contribution in [3.63, 3.8) is 0 Å². The monoisotopic (exact) mass is 583 g/mol. The molecule has 0 atom stereocenters. The van der Waals surface area contributed by atoms with Crippen LogP contribution in [-0.4, -0.2) is 103 Å². The number of para-hydroxylation sites is 2. The molecule has 0 unspecified atom stereocenters. The Hall–Kier alpha value is -3.78. The number of hydrogen-bond donors (Lipinski definition) is 0. The van der Waals surface area contributed by atoms with Crippen molar-refractivity contribution in [2.45, 2.75) is 13.8 Å². The van der Waals surface area contributed by atoms with Crippen molar-refractivity contribution in [1.29, 1.82) is 0 Å². The van der Waals surface area contributed by atoms with Crippen LogP contribution in [0, 0.1) is 12.0 Å². The molecule has 0 aliphatic rings. The van der Waals surface area contributed by atoms with Crippen molar-refractivity contribution in [1.82, 2.24) is 9.55 Å². The van der Waals surface area contributed by atoms with E-state index in [0.717, 1.165) is 5.56 Å². The average molecular weight is 581 g/mol. The van der Waals surface area contributed by atoms with E-state index < -0.39 is 0 Å². The Bertz CT molecular complexity index is 2470. The molecule has 197 valence electrons. The standard InChI is InChI=1S/C34H15B12N2/c1-12-17-18(19-25(39)30(44)32(46)31(45)26(19)40)24(38)21(28(42)23(37)13(2)35)33(20(17)27(41)29(43)22(12)36)48-16-11-7-6-10-15(16)47-34(48)14-8-4-3-5-9-14/h3-11H,1-2H3/b23-13-,28-21-. The molecule has 0 saturated carbocycles. The van der Waals surface area contributed by atoms with E-state index in [1.54, 1.807) is 13.8 Å². The van der Waals surface area contributed by atoms with Gasteiger partial charge in [0, 0.05) is 0 Å². The number of rotatable bonds is 4. The SMILES string of the molecule is [B]/C(C)=C([B])/C([B])=c1/c(-n2c(-c3ccccc3)nc3ccccc32)c2c([B])c([B])c([B])c(C)c2c(-c2c([B])c([B])c([B])c([B])c2[B])c1=[B]. The van der Waals surface area contributed by atoms with Crippen molar-refractivity contribution < 1.29 is 0 Å². The number of aromatic nitrogens is 2. The molecule has 14 heteroatoms. The first-order chi connectivity index (χ1) is 22.7. The molecule has 23 radical (unpaired) electrons. The van der Waals surface area contributed by atoms with E-state index in [-0.39, 0.29) is 76.0 Å². The van der Waals surface area contributed by atoms with E-state index in [4.69, 9.17) is 98.8 Å². The van der Waals surface area contributed by atoms with Crippen molar-refractivity contribution in [2.75, 3.05) is 0 Å². The molecule has 48 heavy (non-hydrogen) atoms. The molecule has 0 aliphatic carbocycles. The number of hydrogen-bond acceptors (Lipinski definition) is 1. The summed E-state index contributed by atoms with van der Waals surface area (Å²) in [5.41, 5.74) is 4.64. The molecule has 1 heterocycles. The zero-order chi connectivity index (χ0) is 34.9. The molecular weight excluding hydrogens is 566 g/mol. The average Bonchev–Trinajstić information content (AvgIpc) is 3.47. The second-order valence-corrected chi connectivity index (χ2v) is 11.7. The van der Waals surface area contributed by atoms with Crippen LogP contribution in [0.4, 0.5) is 0 Å². The summed E-state index contributed by atoms with van der Waals surface area (Å²) in [5.74, 6) is 0.554. The molecule has 0 saturated heterocycles. The molecule has 0 aliphatic heterocycles. The second kappa shape index (κ2) is 12.6. The maximum absolute atomic E-state index is 7.25. The van der Waals surface area contributed by atoms with Gasteiger partial charge in [-0.25, -0.2) is 0 Å². The van der Waals surface area contributed by atoms with Crippen molar-refractivity contribution in [3.8, 4) is 28.2 Å². The Labute approximate surface area is 296 Å². The van der Waals surface area contributed by atoms with Gasteiger partial charge in [0.25, 0.3) is 0 Å². The summed E-state index contributed by atoms with van der Waals surface area (Å²) in [5, 5.41) is 1.23. The molecular formula is C34H15B12N2. The van der Waals surface area contributed by atoms with Gasteiger partial charge in [0.15, 0.2) is 0 Å². The van der Waals surface area contributed by atoms with Crippen LogP contribution in [-0.2, 0) is 0 Å². The number of allylic oxidation sites excluding steroid dienone is 2. The van der Waals surface area contributed by atoms with Crippen LogP contribution in [0.2, 0.25) is 0 Å². The van der Waals surface area contributed by atoms with Gasteiger partial charge in [-0.15, -0.1) is 0 Å². The van der Waals surface area contributed by atoms with Gasteiger partial charge in [-0.1, -0.05) is 0 Å². The van der Waals surface area contributed by atoms with Gasteiger partial charge in [-0.05, 0) is 0 Å². The van der Waals surface area contributed by atoms with Crippen LogP contribution in [0.5, 0.6) is 0 Å². The minimum atomic E-state index is 0.0186. The van der Waals surface area contributed by atoms with E-state index in [9.17, 15) is 0 Å². The first kappa shape index (κ1) is 34.1. The predicted octanol–water partition coefficient (Wildman–Crippen LogP) is -3.56. The van der Waals surface area contributed by atoms with Gasteiger partial charge < -0.3 is 0 Å². The maximum atomic E-state index is 7.25. The van der Waals surface area contributed by atoms with Crippen molar-refractivity contribution in [2.24, 2.45) is 0 Å². The Morgan fingerprint density at radius 3 is 1.77 bits per heavy atom.